The largest absolute Gasteiger partial charge is 0.465 e. The molecule has 1 aliphatic heterocycles. The van der Waals surface area contributed by atoms with Crippen LogP contribution in [0.5, 0.6) is 0 Å². The zero-order valence-corrected chi connectivity index (χ0v) is 9.95. The number of nitrogens with zero attached hydrogens (tertiary/aromatic N) is 2. The van der Waals surface area contributed by atoms with Crippen molar-refractivity contribution in [3.63, 3.8) is 0 Å². The van der Waals surface area contributed by atoms with Crippen molar-refractivity contribution in [3.8, 4) is 0 Å². The number of aliphatic imine (C=N–C) groups is 1. The van der Waals surface area contributed by atoms with Crippen molar-refractivity contribution in [2.75, 3.05) is 12.8 Å². The summed E-state index contributed by atoms with van der Waals surface area (Å²) in [4.78, 5) is 16.4. The van der Waals surface area contributed by atoms with Gasteiger partial charge in [-0.1, -0.05) is 23.9 Å². The summed E-state index contributed by atoms with van der Waals surface area (Å²) in [5, 5.41) is 9.44. The van der Waals surface area contributed by atoms with Gasteiger partial charge in [0.2, 0.25) is 0 Å². The Bertz CT molecular complexity index is 478. The molecule has 0 aliphatic carbocycles. The molecule has 90 valence electrons. The van der Waals surface area contributed by atoms with Crippen LogP contribution in [0, 0.1) is 5.82 Å². The summed E-state index contributed by atoms with van der Waals surface area (Å²) < 4.78 is 13.1. The highest BCUT2D eigenvalue weighted by Crippen LogP contribution is 2.28. The molecule has 1 heterocycles. The second-order valence-corrected chi connectivity index (χ2v) is 4.35. The van der Waals surface area contributed by atoms with Gasteiger partial charge in [-0.15, -0.1) is 0 Å². The molecule has 6 heteroatoms. The zero-order chi connectivity index (χ0) is 12.4. The Balaban J connectivity index is 2.26. The molecule has 0 bridgehead atoms. The van der Waals surface area contributed by atoms with E-state index in [0.29, 0.717) is 10.7 Å². The average molecular weight is 254 g/mol. The summed E-state index contributed by atoms with van der Waals surface area (Å²) in [5.41, 5.74) is 0.695. The molecule has 0 saturated carbocycles. The molecule has 0 aromatic heterocycles. The second kappa shape index (κ2) is 4.75. The van der Waals surface area contributed by atoms with E-state index in [4.69, 9.17) is 5.11 Å². The van der Waals surface area contributed by atoms with Gasteiger partial charge >= 0.3 is 6.09 Å². The number of benzene rings is 1. The van der Waals surface area contributed by atoms with Crippen molar-refractivity contribution < 1.29 is 14.3 Å². The van der Waals surface area contributed by atoms with E-state index >= 15 is 0 Å². The summed E-state index contributed by atoms with van der Waals surface area (Å²) in [6, 6.07) is 5.77. The fraction of sp³-hybridized carbons (Fsp3) is 0.273. The van der Waals surface area contributed by atoms with E-state index in [9.17, 15) is 9.18 Å². The average Bonchev–Trinajstić information content (AvgIpc) is 2.73. The van der Waals surface area contributed by atoms with Crippen LogP contribution in [0.2, 0.25) is 0 Å². The van der Waals surface area contributed by atoms with Crippen LogP contribution < -0.4 is 0 Å². The van der Waals surface area contributed by atoms with Crippen LogP contribution in [0.1, 0.15) is 11.6 Å². The molecule has 1 N–H and O–H groups in total. The fourth-order valence-corrected chi connectivity index (χ4v) is 2.32. The Hall–Kier alpha value is -1.56. The number of amides is 1. The van der Waals surface area contributed by atoms with Gasteiger partial charge in [0, 0.05) is 0 Å². The van der Waals surface area contributed by atoms with E-state index in [2.05, 4.69) is 4.99 Å². The van der Waals surface area contributed by atoms with Gasteiger partial charge in [0.25, 0.3) is 0 Å². The number of carboxylic acid groups (broad SMARTS) is 1. The first kappa shape index (κ1) is 11.9. The van der Waals surface area contributed by atoms with Gasteiger partial charge in [0.05, 0.1) is 12.6 Å². The third kappa shape index (κ3) is 2.41. The lowest BCUT2D eigenvalue weighted by Gasteiger charge is -2.13. The fourth-order valence-electron chi connectivity index (χ4n) is 1.71. The number of carbonyl (C=O) groups is 1. The Kier molecular flexibility index (Phi) is 3.33. The maximum Gasteiger partial charge on any atom is 0.413 e. The Morgan fingerprint density at radius 2 is 2.41 bits per heavy atom. The molecule has 1 unspecified atom stereocenters. The van der Waals surface area contributed by atoms with Crippen LogP contribution >= 0.6 is 11.8 Å². The summed E-state index contributed by atoms with van der Waals surface area (Å²) >= 11 is 1.27. The van der Waals surface area contributed by atoms with Crippen LogP contribution in [0.4, 0.5) is 9.18 Å². The molecule has 0 radical (unpaired) electrons. The van der Waals surface area contributed by atoms with E-state index in [1.165, 1.54) is 28.8 Å². The van der Waals surface area contributed by atoms with E-state index < -0.39 is 6.09 Å². The van der Waals surface area contributed by atoms with Crippen molar-refractivity contribution in [2.24, 2.45) is 4.99 Å². The molecule has 1 atom stereocenters. The zero-order valence-electron chi connectivity index (χ0n) is 9.13. The van der Waals surface area contributed by atoms with Gasteiger partial charge in [-0.3, -0.25) is 9.89 Å². The van der Waals surface area contributed by atoms with Crippen molar-refractivity contribution in [2.45, 2.75) is 6.04 Å². The van der Waals surface area contributed by atoms with E-state index in [-0.39, 0.29) is 18.4 Å². The lowest BCUT2D eigenvalue weighted by atomic mass is 10.1. The number of amidine groups is 1. The lowest BCUT2D eigenvalue weighted by Crippen LogP contribution is -2.31. The first-order valence-electron chi connectivity index (χ1n) is 4.99. The van der Waals surface area contributed by atoms with Gasteiger partial charge < -0.3 is 5.11 Å². The molecule has 0 fully saturated rings. The minimum Gasteiger partial charge on any atom is -0.465 e. The minimum atomic E-state index is -1.03. The molecule has 1 aromatic rings. The molecule has 0 saturated heterocycles. The molecule has 0 spiro atoms. The minimum absolute atomic E-state index is 0.245. The van der Waals surface area contributed by atoms with Crippen molar-refractivity contribution in [3.05, 3.63) is 35.6 Å². The summed E-state index contributed by atoms with van der Waals surface area (Å²) in [6.45, 7) is 0.245. The standard InChI is InChI=1S/C11H11FN2O2S/c1-17-10-13-9(6-14(10)11(15)16)7-3-2-4-8(12)5-7/h2-5,9H,6H2,1H3,(H,15,16). The van der Waals surface area contributed by atoms with Crippen LogP contribution in [-0.4, -0.2) is 34.1 Å². The van der Waals surface area contributed by atoms with Crippen molar-refractivity contribution in [1.29, 1.82) is 0 Å². The van der Waals surface area contributed by atoms with Gasteiger partial charge in [0.1, 0.15) is 5.82 Å². The quantitative estimate of drug-likeness (QED) is 0.838. The molecule has 1 aliphatic rings. The molecule has 4 nitrogen and oxygen atoms in total. The van der Waals surface area contributed by atoms with Crippen molar-refractivity contribution in [1.82, 2.24) is 4.90 Å². The normalized spacial score (nSPS) is 19.3. The monoisotopic (exact) mass is 254 g/mol. The Labute approximate surface area is 102 Å². The van der Waals surface area contributed by atoms with Crippen molar-refractivity contribution >= 4 is 23.0 Å². The van der Waals surface area contributed by atoms with E-state index in [1.54, 1.807) is 18.4 Å². The summed E-state index contributed by atoms with van der Waals surface area (Å²) in [6.07, 6.45) is 0.736. The number of hydrogen-bond acceptors (Lipinski definition) is 3. The predicted octanol–water partition coefficient (Wildman–Crippen LogP) is 2.58. The first-order valence-corrected chi connectivity index (χ1v) is 6.22. The highest BCUT2D eigenvalue weighted by molar-refractivity contribution is 8.13. The molecule has 2 rings (SSSR count). The molecule has 1 aromatic carbocycles. The number of hydrogen-bond donors (Lipinski definition) is 1. The van der Waals surface area contributed by atoms with Crippen LogP contribution in [0.25, 0.3) is 0 Å². The molecular weight excluding hydrogens is 243 g/mol. The van der Waals surface area contributed by atoms with E-state index in [1.807, 2.05) is 0 Å². The Morgan fingerprint density at radius 1 is 1.65 bits per heavy atom. The predicted molar refractivity (Wildman–Crippen MR) is 64.8 cm³/mol. The lowest BCUT2D eigenvalue weighted by molar-refractivity contribution is 0.171. The number of rotatable bonds is 1. The van der Waals surface area contributed by atoms with Crippen LogP contribution in [0.15, 0.2) is 29.3 Å². The second-order valence-electron chi connectivity index (χ2n) is 3.58. The summed E-state index contributed by atoms with van der Waals surface area (Å²) in [7, 11) is 0. The van der Waals surface area contributed by atoms with Crippen LogP contribution in [0.3, 0.4) is 0 Å². The number of halogens is 1. The molecule has 1 amide bonds. The third-order valence-corrected chi connectivity index (χ3v) is 3.19. The molecular formula is C11H11FN2O2S. The van der Waals surface area contributed by atoms with Gasteiger partial charge in [-0.25, -0.2) is 9.18 Å². The van der Waals surface area contributed by atoms with Gasteiger partial charge in [-0.05, 0) is 24.0 Å². The maximum atomic E-state index is 13.1. The third-order valence-electron chi connectivity index (χ3n) is 2.50. The van der Waals surface area contributed by atoms with Gasteiger partial charge in [-0.2, -0.15) is 0 Å². The Morgan fingerprint density at radius 3 is 2.94 bits per heavy atom. The summed E-state index contributed by atoms with van der Waals surface area (Å²) in [5.74, 6) is -0.336. The highest BCUT2D eigenvalue weighted by atomic mass is 32.2. The smallest absolute Gasteiger partial charge is 0.413 e. The maximum absolute atomic E-state index is 13.1. The van der Waals surface area contributed by atoms with Crippen LogP contribution in [-0.2, 0) is 0 Å². The highest BCUT2D eigenvalue weighted by Gasteiger charge is 2.30. The van der Waals surface area contributed by atoms with Gasteiger partial charge in [0.15, 0.2) is 5.17 Å². The van der Waals surface area contributed by atoms with E-state index in [0.717, 1.165) is 0 Å². The first-order chi connectivity index (χ1) is 8.11. The topological polar surface area (TPSA) is 52.9 Å². The number of thioether (sulfide) groups is 1. The molecule has 17 heavy (non-hydrogen) atoms. The SMILES string of the molecule is CSC1=NC(c2cccc(F)c2)CN1C(=O)O.